The van der Waals surface area contributed by atoms with Crippen molar-refractivity contribution in [1.82, 2.24) is 0 Å². The van der Waals surface area contributed by atoms with Crippen LogP contribution in [0.25, 0.3) is 6.08 Å². The largest absolute Gasteiger partial charge is 0.490 e. The Bertz CT molecular complexity index is 692. The van der Waals surface area contributed by atoms with Gasteiger partial charge in [-0.25, -0.2) is 9.59 Å². The van der Waals surface area contributed by atoms with Crippen molar-refractivity contribution in [2.45, 2.75) is 20.8 Å². The van der Waals surface area contributed by atoms with E-state index in [1.54, 1.807) is 38.1 Å². The van der Waals surface area contributed by atoms with Gasteiger partial charge in [-0.05, 0) is 44.5 Å². The van der Waals surface area contributed by atoms with Gasteiger partial charge in [0, 0.05) is 0 Å². The van der Waals surface area contributed by atoms with Crippen LogP contribution in [0.1, 0.15) is 26.3 Å². The van der Waals surface area contributed by atoms with E-state index in [0.29, 0.717) is 36.0 Å². The lowest BCUT2D eigenvalue weighted by Gasteiger charge is -2.12. The predicted octanol–water partition coefficient (Wildman–Crippen LogP) is 2.34. The Balaban J connectivity index is 2.20. The van der Waals surface area contributed by atoms with Gasteiger partial charge in [-0.2, -0.15) is 0 Å². The molecule has 2 rings (SSSR count). The van der Waals surface area contributed by atoms with Crippen molar-refractivity contribution < 1.29 is 28.6 Å². The van der Waals surface area contributed by atoms with E-state index in [-0.39, 0.29) is 6.61 Å². The number of rotatable bonds is 7. The smallest absolute Gasteiger partial charge is 0.367 e. The van der Waals surface area contributed by atoms with Crippen molar-refractivity contribution in [2.75, 3.05) is 19.8 Å². The van der Waals surface area contributed by atoms with Crippen molar-refractivity contribution >= 4 is 23.7 Å². The molecule has 1 heterocycles. The Morgan fingerprint density at radius 3 is 2.62 bits per heavy atom. The SMILES string of the molecule is CCOC(=O)COc1ccc(/C=C2\C(=O)ON=C2C)cc1OCC. The fraction of sp³-hybridized carbons (Fsp3) is 0.353. The van der Waals surface area contributed by atoms with Gasteiger partial charge in [-0.1, -0.05) is 11.2 Å². The fourth-order valence-corrected chi connectivity index (χ4v) is 2.03. The Kier molecular flexibility index (Phi) is 5.95. The third kappa shape index (κ3) is 4.34. The summed E-state index contributed by atoms with van der Waals surface area (Å²) < 4.78 is 15.8. The average molecular weight is 333 g/mol. The molecule has 0 amide bonds. The highest BCUT2D eigenvalue weighted by Crippen LogP contribution is 2.30. The first-order chi connectivity index (χ1) is 11.5. The highest BCUT2D eigenvalue weighted by Gasteiger charge is 2.22. The molecule has 0 aliphatic carbocycles. The number of carbonyl (C=O) groups excluding carboxylic acids is 2. The molecule has 128 valence electrons. The molecule has 1 aromatic rings. The van der Waals surface area contributed by atoms with Crippen LogP contribution in [0.15, 0.2) is 28.9 Å². The molecule has 1 aliphatic heterocycles. The van der Waals surface area contributed by atoms with Crippen molar-refractivity contribution in [3.63, 3.8) is 0 Å². The second kappa shape index (κ2) is 8.14. The Labute approximate surface area is 139 Å². The summed E-state index contributed by atoms with van der Waals surface area (Å²) in [6.45, 7) is 5.78. The Morgan fingerprint density at radius 1 is 1.21 bits per heavy atom. The van der Waals surface area contributed by atoms with Gasteiger partial charge in [0.05, 0.1) is 24.5 Å². The van der Waals surface area contributed by atoms with Crippen LogP contribution in [-0.4, -0.2) is 37.5 Å². The zero-order valence-electron chi connectivity index (χ0n) is 13.8. The summed E-state index contributed by atoms with van der Waals surface area (Å²) in [7, 11) is 0. The van der Waals surface area contributed by atoms with E-state index in [0.717, 1.165) is 5.56 Å². The first-order valence-corrected chi connectivity index (χ1v) is 7.58. The standard InChI is InChI=1S/C17H19NO6/c1-4-21-15-9-12(8-13-11(3)18-24-17(13)20)6-7-14(15)23-10-16(19)22-5-2/h6-9H,4-5,10H2,1-3H3/b13-8-. The molecule has 0 aromatic heterocycles. The highest BCUT2D eigenvalue weighted by atomic mass is 16.7. The van der Waals surface area contributed by atoms with Crippen LogP contribution >= 0.6 is 0 Å². The fourth-order valence-electron chi connectivity index (χ4n) is 2.03. The van der Waals surface area contributed by atoms with Gasteiger partial charge in [0.1, 0.15) is 0 Å². The van der Waals surface area contributed by atoms with Crippen molar-refractivity contribution in [3.05, 3.63) is 29.3 Å². The summed E-state index contributed by atoms with van der Waals surface area (Å²) in [5.74, 6) is -0.0525. The molecule has 1 aliphatic rings. The van der Waals surface area contributed by atoms with Crippen LogP contribution in [0.4, 0.5) is 0 Å². The molecule has 0 saturated heterocycles. The Hall–Kier alpha value is -2.83. The van der Waals surface area contributed by atoms with E-state index in [2.05, 4.69) is 9.99 Å². The Morgan fingerprint density at radius 2 is 2.00 bits per heavy atom. The van der Waals surface area contributed by atoms with Crippen LogP contribution in [0.2, 0.25) is 0 Å². The normalized spacial score (nSPS) is 15.0. The minimum Gasteiger partial charge on any atom is -0.490 e. The maximum absolute atomic E-state index is 11.6. The third-order valence-electron chi connectivity index (χ3n) is 3.10. The van der Waals surface area contributed by atoms with Crippen LogP contribution in [-0.2, 0) is 19.2 Å². The number of carbonyl (C=O) groups is 2. The zero-order valence-corrected chi connectivity index (χ0v) is 13.8. The van der Waals surface area contributed by atoms with E-state index >= 15 is 0 Å². The molecule has 0 spiro atoms. The van der Waals surface area contributed by atoms with Gasteiger partial charge < -0.3 is 19.0 Å². The van der Waals surface area contributed by atoms with Gasteiger partial charge in [-0.15, -0.1) is 0 Å². The van der Waals surface area contributed by atoms with Gasteiger partial charge in [0.25, 0.3) is 0 Å². The number of benzene rings is 1. The molecule has 0 N–H and O–H groups in total. The van der Waals surface area contributed by atoms with Crippen molar-refractivity contribution in [2.24, 2.45) is 5.16 Å². The molecular formula is C17H19NO6. The monoisotopic (exact) mass is 333 g/mol. The summed E-state index contributed by atoms with van der Waals surface area (Å²) in [4.78, 5) is 27.6. The molecule has 1 aromatic carbocycles. The average Bonchev–Trinajstić information content (AvgIpc) is 2.87. The zero-order chi connectivity index (χ0) is 17.5. The van der Waals surface area contributed by atoms with E-state index < -0.39 is 11.9 Å². The molecular weight excluding hydrogens is 314 g/mol. The van der Waals surface area contributed by atoms with Gasteiger partial charge in [0.2, 0.25) is 0 Å². The number of ether oxygens (including phenoxy) is 3. The summed E-state index contributed by atoms with van der Waals surface area (Å²) in [5, 5.41) is 3.63. The first kappa shape index (κ1) is 17.5. The van der Waals surface area contributed by atoms with E-state index in [1.807, 2.05) is 6.92 Å². The minimum atomic E-state index is -0.493. The number of esters is 1. The first-order valence-electron chi connectivity index (χ1n) is 7.58. The molecule has 7 nitrogen and oxygen atoms in total. The minimum absolute atomic E-state index is 0.202. The van der Waals surface area contributed by atoms with Gasteiger partial charge >= 0.3 is 11.9 Å². The predicted molar refractivity (Wildman–Crippen MR) is 86.9 cm³/mol. The molecule has 0 fully saturated rings. The van der Waals surface area contributed by atoms with Crippen LogP contribution in [0, 0.1) is 0 Å². The molecule has 0 bridgehead atoms. The van der Waals surface area contributed by atoms with E-state index in [4.69, 9.17) is 14.2 Å². The number of nitrogens with zero attached hydrogens (tertiary/aromatic N) is 1. The lowest BCUT2D eigenvalue weighted by Crippen LogP contribution is -2.15. The van der Waals surface area contributed by atoms with E-state index in [9.17, 15) is 9.59 Å². The summed E-state index contributed by atoms with van der Waals surface area (Å²) in [6, 6.07) is 5.13. The topological polar surface area (TPSA) is 83.4 Å². The number of hydrogen-bond acceptors (Lipinski definition) is 7. The van der Waals surface area contributed by atoms with Crippen LogP contribution < -0.4 is 9.47 Å². The summed E-state index contributed by atoms with van der Waals surface area (Å²) in [5.41, 5.74) is 1.63. The molecule has 0 saturated carbocycles. The van der Waals surface area contributed by atoms with Gasteiger partial charge in [0.15, 0.2) is 18.1 Å². The van der Waals surface area contributed by atoms with Crippen LogP contribution in [0.5, 0.6) is 11.5 Å². The van der Waals surface area contributed by atoms with E-state index in [1.165, 1.54) is 0 Å². The highest BCUT2D eigenvalue weighted by molar-refractivity contribution is 6.24. The molecule has 0 unspecified atom stereocenters. The van der Waals surface area contributed by atoms with Gasteiger partial charge in [-0.3, -0.25) is 0 Å². The maximum atomic E-state index is 11.6. The lowest BCUT2D eigenvalue weighted by molar-refractivity contribution is -0.145. The second-order valence-electron chi connectivity index (χ2n) is 4.85. The van der Waals surface area contributed by atoms with Crippen molar-refractivity contribution in [3.8, 4) is 11.5 Å². The molecule has 7 heteroatoms. The second-order valence-corrected chi connectivity index (χ2v) is 4.85. The maximum Gasteiger partial charge on any atom is 0.367 e. The number of hydrogen-bond donors (Lipinski definition) is 0. The quantitative estimate of drug-likeness (QED) is 0.433. The number of oxime groups is 1. The molecule has 24 heavy (non-hydrogen) atoms. The summed E-state index contributed by atoms with van der Waals surface area (Å²) in [6.07, 6.45) is 1.66. The van der Waals surface area contributed by atoms with Crippen LogP contribution in [0.3, 0.4) is 0 Å². The lowest BCUT2D eigenvalue weighted by atomic mass is 10.1. The van der Waals surface area contributed by atoms with Crippen molar-refractivity contribution in [1.29, 1.82) is 0 Å². The molecule has 0 atom stereocenters. The molecule has 0 radical (unpaired) electrons. The third-order valence-corrected chi connectivity index (χ3v) is 3.10. The summed E-state index contributed by atoms with van der Waals surface area (Å²) >= 11 is 0.